The fourth-order valence-corrected chi connectivity index (χ4v) is 2.62. The Kier molecular flexibility index (Phi) is 3.72. The van der Waals surface area contributed by atoms with Gasteiger partial charge in [-0.15, -0.1) is 0 Å². The molecule has 0 spiro atoms. The van der Waals surface area contributed by atoms with Crippen molar-refractivity contribution in [2.24, 2.45) is 11.3 Å². The molecule has 0 aromatic heterocycles. The molecule has 2 atom stereocenters. The molecule has 2 heteroatoms. The third-order valence-electron chi connectivity index (χ3n) is 3.38. The Morgan fingerprint density at radius 3 is 2.67 bits per heavy atom. The second-order valence-corrected chi connectivity index (χ2v) is 5.50. The largest absolute Gasteiger partial charge is 0.393 e. The molecule has 1 N–H and O–H groups in total. The van der Waals surface area contributed by atoms with Crippen molar-refractivity contribution < 1.29 is 9.90 Å². The highest BCUT2D eigenvalue weighted by Crippen LogP contribution is 2.42. The van der Waals surface area contributed by atoms with E-state index in [9.17, 15) is 9.90 Å². The maximum absolute atomic E-state index is 11.4. The van der Waals surface area contributed by atoms with Crippen LogP contribution in [0, 0.1) is 11.3 Å². The second-order valence-electron chi connectivity index (χ2n) is 5.50. The number of carbonyl (C=O) groups excluding carboxylic acids is 1. The molecule has 0 bridgehead atoms. The first-order chi connectivity index (χ1) is 6.83. The zero-order valence-electron chi connectivity index (χ0n) is 10.2. The lowest BCUT2D eigenvalue weighted by Crippen LogP contribution is -2.32. The van der Waals surface area contributed by atoms with Crippen molar-refractivity contribution >= 4 is 5.78 Å². The van der Waals surface area contributed by atoms with E-state index in [2.05, 4.69) is 13.8 Å². The molecule has 0 aliphatic heterocycles. The number of rotatable bonds is 3. The van der Waals surface area contributed by atoms with Gasteiger partial charge in [0.25, 0.3) is 0 Å². The van der Waals surface area contributed by atoms with Crippen molar-refractivity contribution in [2.45, 2.75) is 53.1 Å². The Morgan fingerprint density at radius 1 is 1.60 bits per heavy atom. The molecule has 86 valence electrons. The molecule has 2 nitrogen and oxygen atoms in total. The molecule has 1 rings (SSSR count). The van der Waals surface area contributed by atoms with Crippen molar-refractivity contribution in [1.82, 2.24) is 0 Å². The molecule has 0 radical (unpaired) electrons. The van der Waals surface area contributed by atoms with Gasteiger partial charge in [0.2, 0.25) is 0 Å². The minimum absolute atomic E-state index is 0.0464. The van der Waals surface area contributed by atoms with Gasteiger partial charge in [-0.1, -0.05) is 19.4 Å². The summed E-state index contributed by atoms with van der Waals surface area (Å²) in [4.78, 5) is 11.4. The Balaban J connectivity index is 2.75. The topological polar surface area (TPSA) is 37.3 Å². The van der Waals surface area contributed by atoms with Gasteiger partial charge in [0.1, 0.15) is 0 Å². The Morgan fingerprint density at radius 2 is 2.20 bits per heavy atom. The van der Waals surface area contributed by atoms with Gasteiger partial charge >= 0.3 is 0 Å². The average Bonchev–Trinajstić information content (AvgIpc) is 1.98. The molecule has 0 unspecified atom stereocenters. The third kappa shape index (κ3) is 3.16. The van der Waals surface area contributed by atoms with Crippen LogP contribution < -0.4 is 0 Å². The van der Waals surface area contributed by atoms with Crippen LogP contribution in [0.25, 0.3) is 0 Å². The molecule has 0 amide bonds. The number of carbonyl (C=O) groups is 1. The first kappa shape index (κ1) is 12.4. The van der Waals surface area contributed by atoms with Gasteiger partial charge in [-0.05, 0) is 44.1 Å². The van der Waals surface area contributed by atoms with Gasteiger partial charge in [0, 0.05) is 6.42 Å². The molecule has 0 heterocycles. The van der Waals surface area contributed by atoms with Crippen molar-refractivity contribution in [3.8, 4) is 0 Å². The van der Waals surface area contributed by atoms with Gasteiger partial charge in [-0.25, -0.2) is 0 Å². The van der Waals surface area contributed by atoms with Crippen LogP contribution >= 0.6 is 0 Å². The number of aliphatic hydroxyl groups is 1. The summed E-state index contributed by atoms with van der Waals surface area (Å²) in [6.07, 6.45) is 3.95. The molecule has 1 aliphatic carbocycles. The SMILES string of the molecule is CC1=CC(=O)CC(C)(C)[C@@H]1CC[C@H](C)O. The predicted molar refractivity (Wildman–Crippen MR) is 61.6 cm³/mol. The summed E-state index contributed by atoms with van der Waals surface area (Å²) in [7, 11) is 0. The van der Waals surface area contributed by atoms with Gasteiger partial charge in [-0.3, -0.25) is 4.79 Å². The number of aliphatic hydroxyl groups excluding tert-OH is 1. The summed E-state index contributed by atoms with van der Waals surface area (Å²) in [6, 6.07) is 0. The fourth-order valence-electron chi connectivity index (χ4n) is 2.62. The quantitative estimate of drug-likeness (QED) is 0.777. The van der Waals surface area contributed by atoms with Crippen LogP contribution in [0.2, 0.25) is 0 Å². The van der Waals surface area contributed by atoms with E-state index < -0.39 is 0 Å². The zero-order chi connectivity index (χ0) is 11.6. The van der Waals surface area contributed by atoms with Crippen molar-refractivity contribution in [3.05, 3.63) is 11.6 Å². The molecule has 15 heavy (non-hydrogen) atoms. The number of allylic oxidation sites excluding steroid dienone is 2. The maximum atomic E-state index is 11.4. The Labute approximate surface area is 92.4 Å². The normalized spacial score (nSPS) is 27.4. The molecule has 0 aromatic rings. The molecule has 0 saturated carbocycles. The predicted octanol–water partition coefficient (Wildman–Crippen LogP) is 2.71. The molecule has 1 aliphatic rings. The zero-order valence-corrected chi connectivity index (χ0v) is 10.2. The number of hydrogen-bond donors (Lipinski definition) is 1. The van der Waals surface area contributed by atoms with E-state index in [1.165, 1.54) is 5.57 Å². The Bertz CT molecular complexity index is 274. The number of ketones is 1. The summed E-state index contributed by atoms with van der Waals surface area (Å²) >= 11 is 0. The van der Waals surface area contributed by atoms with Gasteiger partial charge in [-0.2, -0.15) is 0 Å². The second kappa shape index (κ2) is 4.48. The van der Waals surface area contributed by atoms with Crippen LogP contribution in [0.1, 0.15) is 47.0 Å². The van der Waals surface area contributed by atoms with E-state index in [-0.39, 0.29) is 17.3 Å². The highest BCUT2D eigenvalue weighted by atomic mass is 16.3. The first-order valence-electron chi connectivity index (χ1n) is 5.72. The van der Waals surface area contributed by atoms with E-state index in [1.807, 2.05) is 13.8 Å². The fraction of sp³-hybridized carbons (Fsp3) is 0.769. The summed E-state index contributed by atoms with van der Waals surface area (Å²) in [5.74, 6) is 0.676. The van der Waals surface area contributed by atoms with Crippen LogP contribution in [0.15, 0.2) is 11.6 Å². The summed E-state index contributed by atoms with van der Waals surface area (Å²) in [6.45, 7) is 8.15. The van der Waals surface area contributed by atoms with E-state index in [0.29, 0.717) is 12.3 Å². The lowest BCUT2D eigenvalue weighted by atomic mass is 9.66. The van der Waals surface area contributed by atoms with Gasteiger partial charge in [0.05, 0.1) is 6.10 Å². The standard InChI is InChI=1S/C13H22O2/c1-9-7-11(15)8-13(3,4)12(9)6-5-10(2)14/h7,10,12,14H,5-6,8H2,1-4H3/t10-,12+/m0/s1. The number of hydrogen-bond acceptors (Lipinski definition) is 2. The lowest BCUT2D eigenvalue weighted by Gasteiger charge is -2.38. The maximum Gasteiger partial charge on any atom is 0.156 e. The van der Waals surface area contributed by atoms with Crippen LogP contribution in [0.5, 0.6) is 0 Å². The molecular formula is C13H22O2. The van der Waals surface area contributed by atoms with Crippen LogP contribution in [0.4, 0.5) is 0 Å². The van der Waals surface area contributed by atoms with Gasteiger partial charge < -0.3 is 5.11 Å². The van der Waals surface area contributed by atoms with E-state index in [4.69, 9.17) is 0 Å². The summed E-state index contributed by atoms with van der Waals surface area (Å²) in [5, 5.41) is 9.31. The monoisotopic (exact) mass is 210 g/mol. The van der Waals surface area contributed by atoms with Crippen molar-refractivity contribution in [2.75, 3.05) is 0 Å². The molecule has 0 saturated heterocycles. The minimum atomic E-state index is -0.244. The Hall–Kier alpha value is -0.630. The lowest BCUT2D eigenvalue weighted by molar-refractivity contribution is -0.117. The van der Waals surface area contributed by atoms with Crippen LogP contribution in [-0.4, -0.2) is 17.0 Å². The van der Waals surface area contributed by atoms with E-state index in [0.717, 1.165) is 12.8 Å². The van der Waals surface area contributed by atoms with Crippen LogP contribution in [-0.2, 0) is 4.79 Å². The van der Waals surface area contributed by atoms with Crippen LogP contribution in [0.3, 0.4) is 0 Å². The van der Waals surface area contributed by atoms with Crippen molar-refractivity contribution in [1.29, 1.82) is 0 Å². The highest BCUT2D eigenvalue weighted by Gasteiger charge is 2.35. The summed E-state index contributed by atoms with van der Waals surface area (Å²) in [5.41, 5.74) is 1.22. The molecule has 0 aromatic carbocycles. The minimum Gasteiger partial charge on any atom is -0.393 e. The highest BCUT2D eigenvalue weighted by molar-refractivity contribution is 5.91. The average molecular weight is 210 g/mol. The third-order valence-corrected chi connectivity index (χ3v) is 3.38. The van der Waals surface area contributed by atoms with E-state index >= 15 is 0 Å². The molecular weight excluding hydrogens is 188 g/mol. The van der Waals surface area contributed by atoms with Crippen molar-refractivity contribution in [3.63, 3.8) is 0 Å². The smallest absolute Gasteiger partial charge is 0.156 e. The molecule has 0 fully saturated rings. The first-order valence-corrected chi connectivity index (χ1v) is 5.72. The summed E-state index contributed by atoms with van der Waals surface area (Å²) < 4.78 is 0. The van der Waals surface area contributed by atoms with Gasteiger partial charge in [0.15, 0.2) is 5.78 Å². The van der Waals surface area contributed by atoms with E-state index in [1.54, 1.807) is 6.08 Å².